The molecular weight excluding hydrogens is 372 g/mol. The zero-order valence-corrected chi connectivity index (χ0v) is 18.0. The van der Waals surface area contributed by atoms with Gasteiger partial charge in [-0.15, -0.1) is 0 Å². The number of aliphatic hydroxyl groups excluding tert-OH is 1. The maximum Gasteiger partial charge on any atom is 0.0972 e. The standard InChI is InChI=1S/C25H32N4O/c1-19-8-10-23(11-9-19)29-17-22(25(27-29)21-6-3-5-20(2)15-21)16-26-12-14-28-13-4-7-24(30)18-28/h3,5-6,8-11,15,17,24,26,30H,4,7,12-14,16,18H2,1-2H3/t24-/m1/s1. The smallest absolute Gasteiger partial charge is 0.0972 e. The lowest BCUT2D eigenvalue weighted by Crippen LogP contribution is -2.41. The Morgan fingerprint density at radius 3 is 2.70 bits per heavy atom. The van der Waals surface area contributed by atoms with E-state index in [9.17, 15) is 5.11 Å². The molecule has 5 heteroatoms. The Hall–Kier alpha value is -2.47. The summed E-state index contributed by atoms with van der Waals surface area (Å²) >= 11 is 0. The van der Waals surface area contributed by atoms with Crippen molar-refractivity contribution in [3.63, 3.8) is 0 Å². The van der Waals surface area contributed by atoms with E-state index in [1.165, 1.54) is 16.7 Å². The number of aryl methyl sites for hydroxylation is 2. The van der Waals surface area contributed by atoms with E-state index in [0.717, 1.165) is 62.5 Å². The van der Waals surface area contributed by atoms with Gasteiger partial charge in [0.05, 0.1) is 17.5 Å². The molecule has 1 aliphatic rings. The van der Waals surface area contributed by atoms with Gasteiger partial charge in [0, 0.05) is 43.5 Å². The van der Waals surface area contributed by atoms with Crippen LogP contribution in [0.15, 0.2) is 54.7 Å². The van der Waals surface area contributed by atoms with Gasteiger partial charge in [-0.2, -0.15) is 5.10 Å². The van der Waals surface area contributed by atoms with Crippen LogP contribution >= 0.6 is 0 Å². The van der Waals surface area contributed by atoms with Gasteiger partial charge >= 0.3 is 0 Å². The molecule has 30 heavy (non-hydrogen) atoms. The van der Waals surface area contributed by atoms with Crippen molar-refractivity contribution in [3.8, 4) is 16.9 Å². The maximum atomic E-state index is 9.85. The van der Waals surface area contributed by atoms with Crippen LogP contribution in [0.3, 0.4) is 0 Å². The van der Waals surface area contributed by atoms with E-state index in [4.69, 9.17) is 5.10 Å². The van der Waals surface area contributed by atoms with Crippen molar-refractivity contribution in [3.05, 3.63) is 71.4 Å². The number of nitrogens with one attached hydrogen (secondary N) is 1. The predicted molar refractivity (Wildman–Crippen MR) is 122 cm³/mol. The summed E-state index contributed by atoms with van der Waals surface area (Å²) in [6, 6.07) is 17.0. The molecule has 2 N–H and O–H groups in total. The molecule has 0 amide bonds. The molecule has 1 atom stereocenters. The number of piperidine rings is 1. The normalized spacial score (nSPS) is 17.4. The van der Waals surface area contributed by atoms with Gasteiger partial charge in [-0.3, -0.25) is 4.90 Å². The minimum Gasteiger partial charge on any atom is -0.392 e. The highest BCUT2D eigenvalue weighted by Gasteiger charge is 2.17. The molecule has 2 aromatic carbocycles. The van der Waals surface area contributed by atoms with Crippen LogP contribution in [-0.2, 0) is 6.54 Å². The molecule has 0 radical (unpaired) electrons. The third-order valence-corrected chi connectivity index (χ3v) is 5.78. The predicted octanol–water partition coefficient (Wildman–Crippen LogP) is 3.70. The summed E-state index contributed by atoms with van der Waals surface area (Å²) in [5, 5.41) is 18.4. The van der Waals surface area contributed by atoms with Crippen LogP contribution < -0.4 is 5.32 Å². The number of β-amino-alcohol motifs (C(OH)–C–C–N with tert-alkyl or cyclic N) is 1. The van der Waals surface area contributed by atoms with Gasteiger partial charge < -0.3 is 10.4 Å². The van der Waals surface area contributed by atoms with Gasteiger partial charge in [-0.05, 0) is 51.4 Å². The SMILES string of the molecule is Cc1ccc(-n2cc(CNCCN3CCC[C@@H](O)C3)c(-c3cccc(C)c3)n2)cc1. The number of likely N-dealkylation sites (tertiary alicyclic amines) is 1. The molecule has 0 spiro atoms. The molecule has 5 nitrogen and oxygen atoms in total. The van der Waals surface area contributed by atoms with Crippen molar-refractivity contribution in [2.24, 2.45) is 0 Å². The lowest BCUT2D eigenvalue weighted by atomic mass is 10.1. The largest absolute Gasteiger partial charge is 0.392 e. The minimum absolute atomic E-state index is 0.167. The molecule has 1 fully saturated rings. The molecule has 0 bridgehead atoms. The van der Waals surface area contributed by atoms with Crippen LogP contribution in [-0.4, -0.2) is 52.1 Å². The monoisotopic (exact) mass is 404 g/mol. The Kier molecular flexibility index (Phi) is 6.62. The first-order valence-electron chi connectivity index (χ1n) is 10.9. The number of aliphatic hydroxyl groups is 1. The number of hydrogen-bond acceptors (Lipinski definition) is 4. The first-order chi connectivity index (χ1) is 14.6. The van der Waals surface area contributed by atoms with Crippen LogP contribution in [0, 0.1) is 13.8 Å². The number of nitrogens with zero attached hydrogens (tertiary/aromatic N) is 3. The van der Waals surface area contributed by atoms with Crippen molar-refractivity contribution in [1.82, 2.24) is 20.0 Å². The topological polar surface area (TPSA) is 53.3 Å². The van der Waals surface area contributed by atoms with E-state index in [0.29, 0.717) is 0 Å². The van der Waals surface area contributed by atoms with E-state index < -0.39 is 0 Å². The third-order valence-electron chi connectivity index (χ3n) is 5.78. The Morgan fingerprint density at radius 2 is 1.93 bits per heavy atom. The van der Waals surface area contributed by atoms with Gasteiger partial charge in [0.15, 0.2) is 0 Å². The van der Waals surface area contributed by atoms with E-state index in [1.54, 1.807) is 0 Å². The quantitative estimate of drug-likeness (QED) is 0.590. The molecule has 2 heterocycles. The average Bonchev–Trinajstić information content (AvgIpc) is 3.16. The van der Waals surface area contributed by atoms with E-state index in [-0.39, 0.29) is 6.10 Å². The minimum atomic E-state index is -0.167. The fourth-order valence-corrected chi connectivity index (χ4v) is 4.10. The van der Waals surface area contributed by atoms with E-state index in [2.05, 4.69) is 78.8 Å². The zero-order valence-electron chi connectivity index (χ0n) is 18.0. The third kappa shape index (κ3) is 5.17. The van der Waals surface area contributed by atoms with Gasteiger partial charge in [-0.25, -0.2) is 4.68 Å². The summed E-state index contributed by atoms with van der Waals surface area (Å²) in [5.74, 6) is 0. The highest BCUT2D eigenvalue weighted by molar-refractivity contribution is 5.64. The summed E-state index contributed by atoms with van der Waals surface area (Å²) < 4.78 is 1.98. The van der Waals surface area contributed by atoms with Gasteiger partial charge in [0.2, 0.25) is 0 Å². The molecule has 1 saturated heterocycles. The van der Waals surface area contributed by atoms with Crippen LogP contribution in [0.5, 0.6) is 0 Å². The molecule has 0 aliphatic carbocycles. The molecular formula is C25H32N4O. The summed E-state index contributed by atoms with van der Waals surface area (Å²) in [5.41, 5.74) is 6.93. The zero-order chi connectivity index (χ0) is 20.9. The molecule has 0 unspecified atom stereocenters. The Morgan fingerprint density at radius 1 is 1.10 bits per heavy atom. The van der Waals surface area contributed by atoms with E-state index in [1.807, 2.05) is 4.68 Å². The highest BCUT2D eigenvalue weighted by atomic mass is 16.3. The number of benzene rings is 2. The Labute approximate surface area is 179 Å². The molecule has 1 aliphatic heterocycles. The van der Waals surface area contributed by atoms with Gasteiger partial charge in [0.25, 0.3) is 0 Å². The van der Waals surface area contributed by atoms with Gasteiger partial charge in [-0.1, -0.05) is 41.5 Å². The fourth-order valence-electron chi connectivity index (χ4n) is 4.10. The van der Waals surface area contributed by atoms with Crippen LogP contribution in [0.1, 0.15) is 29.5 Å². The van der Waals surface area contributed by atoms with Crippen LogP contribution in [0.4, 0.5) is 0 Å². The second-order valence-corrected chi connectivity index (χ2v) is 8.43. The number of aromatic nitrogens is 2. The summed E-state index contributed by atoms with van der Waals surface area (Å²) in [7, 11) is 0. The first kappa shape index (κ1) is 20.8. The molecule has 3 aromatic rings. The van der Waals surface area contributed by atoms with Crippen LogP contribution in [0.2, 0.25) is 0 Å². The molecule has 4 rings (SSSR count). The van der Waals surface area contributed by atoms with E-state index >= 15 is 0 Å². The number of rotatable bonds is 7. The van der Waals surface area contributed by atoms with Crippen molar-refractivity contribution in [2.45, 2.75) is 39.3 Å². The fraction of sp³-hybridized carbons (Fsp3) is 0.400. The van der Waals surface area contributed by atoms with Gasteiger partial charge in [0.1, 0.15) is 0 Å². The highest BCUT2D eigenvalue weighted by Crippen LogP contribution is 2.25. The van der Waals surface area contributed by atoms with Crippen molar-refractivity contribution < 1.29 is 5.11 Å². The molecule has 158 valence electrons. The van der Waals surface area contributed by atoms with Crippen LogP contribution in [0.25, 0.3) is 16.9 Å². The summed E-state index contributed by atoms with van der Waals surface area (Å²) in [6.07, 6.45) is 3.99. The molecule has 1 aromatic heterocycles. The average molecular weight is 405 g/mol. The number of hydrogen-bond donors (Lipinski definition) is 2. The van der Waals surface area contributed by atoms with Crippen molar-refractivity contribution in [1.29, 1.82) is 0 Å². The second kappa shape index (κ2) is 9.56. The van der Waals surface area contributed by atoms with Crippen molar-refractivity contribution >= 4 is 0 Å². The summed E-state index contributed by atoms with van der Waals surface area (Å²) in [6.45, 7) is 8.72. The Bertz CT molecular complexity index is 964. The second-order valence-electron chi connectivity index (χ2n) is 8.43. The lowest BCUT2D eigenvalue weighted by Gasteiger charge is -2.29. The maximum absolute atomic E-state index is 9.85. The Balaban J connectivity index is 1.49. The first-order valence-corrected chi connectivity index (χ1v) is 10.9. The molecule has 0 saturated carbocycles. The summed E-state index contributed by atoms with van der Waals surface area (Å²) in [4.78, 5) is 2.35. The van der Waals surface area contributed by atoms with Crippen molar-refractivity contribution in [2.75, 3.05) is 26.2 Å². The lowest BCUT2D eigenvalue weighted by molar-refractivity contribution is 0.0712.